The van der Waals surface area contributed by atoms with Gasteiger partial charge >= 0.3 is 5.97 Å². The second-order valence-electron chi connectivity index (χ2n) is 5.90. The Balaban J connectivity index is 1.87. The number of amides is 1. The van der Waals surface area contributed by atoms with Crippen molar-refractivity contribution in [1.82, 2.24) is 5.32 Å². The molecule has 26 heavy (non-hydrogen) atoms. The van der Waals surface area contributed by atoms with Crippen molar-refractivity contribution in [2.24, 2.45) is 0 Å². The van der Waals surface area contributed by atoms with Gasteiger partial charge in [0, 0.05) is 18.2 Å². The number of nitro groups is 1. The van der Waals surface area contributed by atoms with Crippen LogP contribution in [0.5, 0.6) is 0 Å². The summed E-state index contributed by atoms with van der Waals surface area (Å²) in [6.07, 6.45) is 0. The van der Waals surface area contributed by atoms with Crippen molar-refractivity contribution in [2.75, 3.05) is 13.2 Å². The van der Waals surface area contributed by atoms with Crippen molar-refractivity contribution in [3.8, 4) is 0 Å². The normalized spacial score (nSPS) is 11.5. The molecule has 2 aromatic rings. The SMILES string of the molecule is Cc1c(C(=O)OCC(=O)NC[C@@H](C)c2ccccc2)cccc1[N+](=O)[O-]. The fraction of sp³-hybridized carbons (Fsp3) is 0.263. The lowest BCUT2D eigenvalue weighted by Crippen LogP contribution is -2.31. The van der Waals surface area contributed by atoms with Crippen molar-refractivity contribution in [2.45, 2.75) is 19.8 Å². The number of ether oxygens (including phenoxy) is 1. The third kappa shape index (κ3) is 4.89. The van der Waals surface area contributed by atoms with E-state index in [2.05, 4.69) is 5.32 Å². The van der Waals surface area contributed by atoms with Gasteiger partial charge in [-0.25, -0.2) is 4.79 Å². The van der Waals surface area contributed by atoms with E-state index in [9.17, 15) is 19.7 Å². The van der Waals surface area contributed by atoms with Gasteiger partial charge in [-0.2, -0.15) is 0 Å². The smallest absolute Gasteiger partial charge is 0.339 e. The molecule has 0 aliphatic carbocycles. The molecule has 0 aromatic heterocycles. The summed E-state index contributed by atoms with van der Waals surface area (Å²) in [5.74, 6) is -1.07. The number of nitro benzene ring substituents is 1. The maximum absolute atomic E-state index is 12.1. The minimum atomic E-state index is -0.766. The van der Waals surface area contributed by atoms with Crippen LogP contribution in [0.3, 0.4) is 0 Å². The van der Waals surface area contributed by atoms with Gasteiger partial charge in [-0.3, -0.25) is 14.9 Å². The maximum Gasteiger partial charge on any atom is 0.339 e. The topological polar surface area (TPSA) is 98.5 Å². The highest BCUT2D eigenvalue weighted by atomic mass is 16.6. The lowest BCUT2D eigenvalue weighted by Gasteiger charge is -2.13. The van der Waals surface area contributed by atoms with Gasteiger partial charge in [0.15, 0.2) is 6.61 Å². The number of hydrogen-bond donors (Lipinski definition) is 1. The molecule has 0 unspecified atom stereocenters. The van der Waals surface area contributed by atoms with Gasteiger partial charge in [-0.15, -0.1) is 0 Å². The molecule has 7 heteroatoms. The Morgan fingerprint density at radius 2 is 1.85 bits per heavy atom. The number of nitrogens with one attached hydrogen (secondary N) is 1. The summed E-state index contributed by atoms with van der Waals surface area (Å²) in [7, 11) is 0. The van der Waals surface area contributed by atoms with Crippen LogP contribution in [-0.2, 0) is 9.53 Å². The molecule has 0 spiro atoms. The number of nitrogens with zero attached hydrogens (tertiary/aromatic N) is 1. The fourth-order valence-corrected chi connectivity index (χ4v) is 2.47. The first-order chi connectivity index (χ1) is 12.4. The summed E-state index contributed by atoms with van der Waals surface area (Å²) < 4.78 is 4.97. The van der Waals surface area contributed by atoms with Crippen molar-refractivity contribution < 1.29 is 19.2 Å². The molecule has 0 fully saturated rings. The number of carbonyl (C=O) groups is 2. The highest BCUT2D eigenvalue weighted by Gasteiger charge is 2.19. The summed E-state index contributed by atoms with van der Waals surface area (Å²) in [5.41, 5.74) is 1.21. The number of benzene rings is 2. The van der Waals surface area contributed by atoms with Gasteiger partial charge in [0.25, 0.3) is 11.6 Å². The molecular formula is C19H20N2O5. The van der Waals surface area contributed by atoms with Gasteiger partial charge in [-0.1, -0.05) is 43.3 Å². The van der Waals surface area contributed by atoms with E-state index in [1.54, 1.807) is 0 Å². The number of rotatable bonds is 7. The lowest BCUT2D eigenvalue weighted by molar-refractivity contribution is -0.385. The zero-order valence-corrected chi connectivity index (χ0v) is 14.6. The Bertz CT molecular complexity index is 805. The Morgan fingerprint density at radius 1 is 1.15 bits per heavy atom. The molecule has 2 rings (SSSR count). The van der Waals surface area contributed by atoms with Crippen LogP contribution in [0.2, 0.25) is 0 Å². The Labute approximate surface area is 151 Å². The van der Waals surface area contributed by atoms with Crippen molar-refractivity contribution in [3.05, 3.63) is 75.3 Å². The average molecular weight is 356 g/mol. The molecule has 2 aromatic carbocycles. The molecule has 1 amide bonds. The van der Waals surface area contributed by atoms with Crippen LogP contribution < -0.4 is 5.32 Å². The molecule has 0 aliphatic heterocycles. The first-order valence-corrected chi connectivity index (χ1v) is 8.13. The van der Waals surface area contributed by atoms with Crippen molar-refractivity contribution in [1.29, 1.82) is 0 Å². The van der Waals surface area contributed by atoms with Crippen molar-refractivity contribution >= 4 is 17.6 Å². The zero-order chi connectivity index (χ0) is 19.1. The van der Waals surface area contributed by atoms with Crippen LogP contribution in [0.15, 0.2) is 48.5 Å². The van der Waals surface area contributed by atoms with E-state index >= 15 is 0 Å². The first-order valence-electron chi connectivity index (χ1n) is 8.13. The second kappa shape index (κ2) is 8.75. The van der Waals surface area contributed by atoms with Crippen LogP contribution in [0.25, 0.3) is 0 Å². The quantitative estimate of drug-likeness (QED) is 0.467. The molecule has 1 atom stereocenters. The molecule has 0 aliphatic rings. The fourth-order valence-electron chi connectivity index (χ4n) is 2.47. The minimum absolute atomic E-state index is 0.0738. The zero-order valence-electron chi connectivity index (χ0n) is 14.6. The van der Waals surface area contributed by atoms with Gasteiger partial charge < -0.3 is 10.1 Å². The highest BCUT2D eigenvalue weighted by molar-refractivity contribution is 5.93. The molecule has 0 saturated carbocycles. The maximum atomic E-state index is 12.1. The van der Waals surface area contributed by atoms with E-state index in [0.717, 1.165) is 5.56 Å². The third-order valence-electron chi connectivity index (χ3n) is 4.03. The molecule has 0 saturated heterocycles. The van der Waals surface area contributed by atoms with Crippen molar-refractivity contribution in [3.63, 3.8) is 0 Å². The summed E-state index contributed by atoms with van der Waals surface area (Å²) in [6, 6.07) is 13.9. The molecular weight excluding hydrogens is 336 g/mol. The average Bonchev–Trinajstić information content (AvgIpc) is 2.64. The van der Waals surface area contributed by atoms with Crippen LogP contribution >= 0.6 is 0 Å². The van der Waals surface area contributed by atoms with Gasteiger partial charge in [0.05, 0.1) is 10.5 Å². The summed E-state index contributed by atoms with van der Waals surface area (Å²) in [5, 5.41) is 13.6. The van der Waals surface area contributed by atoms with E-state index in [1.165, 1.54) is 25.1 Å². The molecule has 1 N–H and O–H groups in total. The predicted octanol–water partition coefficient (Wildman–Crippen LogP) is 2.98. The molecule has 136 valence electrons. The highest BCUT2D eigenvalue weighted by Crippen LogP contribution is 2.21. The molecule has 0 bridgehead atoms. The van der Waals surface area contributed by atoms with Crippen LogP contribution in [0.1, 0.15) is 34.3 Å². The first kappa shape index (κ1) is 19.1. The third-order valence-corrected chi connectivity index (χ3v) is 4.03. The second-order valence-corrected chi connectivity index (χ2v) is 5.90. The monoisotopic (exact) mass is 356 g/mol. The Hall–Kier alpha value is -3.22. The van der Waals surface area contributed by atoms with E-state index in [0.29, 0.717) is 6.54 Å². The predicted molar refractivity (Wildman–Crippen MR) is 96.0 cm³/mol. The summed E-state index contributed by atoms with van der Waals surface area (Å²) in [4.78, 5) is 34.3. The summed E-state index contributed by atoms with van der Waals surface area (Å²) in [6.45, 7) is 3.42. The number of hydrogen-bond acceptors (Lipinski definition) is 5. The Kier molecular flexibility index (Phi) is 6.43. The van der Waals surface area contributed by atoms with Gasteiger partial charge in [0.1, 0.15) is 0 Å². The minimum Gasteiger partial charge on any atom is -0.452 e. The van der Waals surface area contributed by atoms with Gasteiger partial charge in [0.2, 0.25) is 0 Å². The molecule has 0 heterocycles. The van der Waals surface area contributed by atoms with E-state index in [4.69, 9.17) is 4.74 Å². The number of carbonyl (C=O) groups excluding carboxylic acids is 2. The van der Waals surface area contributed by atoms with Crippen LogP contribution in [0, 0.1) is 17.0 Å². The van der Waals surface area contributed by atoms with E-state index < -0.39 is 23.4 Å². The molecule has 0 radical (unpaired) electrons. The van der Waals surface area contributed by atoms with Gasteiger partial charge in [-0.05, 0) is 24.5 Å². The number of esters is 1. The van der Waals surface area contributed by atoms with E-state index in [-0.39, 0.29) is 22.7 Å². The van der Waals surface area contributed by atoms with Crippen LogP contribution in [0.4, 0.5) is 5.69 Å². The van der Waals surface area contributed by atoms with Crippen LogP contribution in [-0.4, -0.2) is 30.0 Å². The molecule has 7 nitrogen and oxygen atoms in total. The lowest BCUT2D eigenvalue weighted by atomic mass is 10.0. The Morgan fingerprint density at radius 3 is 2.50 bits per heavy atom. The summed E-state index contributed by atoms with van der Waals surface area (Å²) >= 11 is 0. The van der Waals surface area contributed by atoms with E-state index in [1.807, 2.05) is 37.3 Å². The largest absolute Gasteiger partial charge is 0.452 e. The standard InChI is InChI=1S/C19H20N2O5/c1-13(15-7-4-3-5-8-15)11-20-18(22)12-26-19(23)16-9-6-10-17(14(16)2)21(24)25/h3-10,13H,11-12H2,1-2H3,(H,20,22)/t13-/m1/s1.